The summed E-state index contributed by atoms with van der Waals surface area (Å²) in [4.78, 5) is 27.6. The Morgan fingerprint density at radius 2 is 1.72 bits per heavy atom. The van der Waals surface area contributed by atoms with Gasteiger partial charge in [-0.2, -0.15) is 0 Å². The van der Waals surface area contributed by atoms with Gasteiger partial charge in [0.25, 0.3) is 0 Å². The molecule has 1 aromatic carbocycles. The maximum Gasteiger partial charge on any atom is 0.242 e. The molecule has 1 rings (SSSR count). The molecule has 1 atom stereocenters. The molecule has 0 aliphatic heterocycles. The molecule has 0 aliphatic carbocycles. The average molecular weight is 404 g/mol. The molecule has 1 aromatic rings. The fourth-order valence-electron chi connectivity index (χ4n) is 3.35. The summed E-state index contributed by atoms with van der Waals surface area (Å²) >= 11 is 0. The van der Waals surface area contributed by atoms with Gasteiger partial charge in [-0.05, 0) is 63.6 Å². The van der Waals surface area contributed by atoms with E-state index in [-0.39, 0.29) is 11.8 Å². The fourth-order valence-corrected chi connectivity index (χ4v) is 3.35. The van der Waals surface area contributed by atoms with Crippen LogP contribution in [0.4, 0.5) is 0 Å². The molecule has 0 bridgehead atoms. The van der Waals surface area contributed by atoms with E-state index < -0.39 is 6.04 Å². The summed E-state index contributed by atoms with van der Waals surface area (Å²) < 4.78 is 0. The van der Waals surface area contributed by atoms with Gasteiger partial charge in [0.05, 0.1) is 0 Å². The van der Waals surface area contributed by atoms with Crippen molar-refractivity contribution in [1.29, 1.82) is 0 Å². The lowest BCUT2D eigenvalue weighted by Gasteiger charge is -2.30. The second-order valence-corrected chi connectivity index (χ2v) is 8.05. The van der Waals surface area contributed by atoms with Crippen LogP contribution in [-0.4, -0.2) is 48.9 Å². The van der Waals surface area contributed by atoms with Crippen molar-refractivity contribution in [3.63, 3.8) is 0 Å². The Balaban J connectivity index is 2.71. The highest BCUT2D eigenvalue weighted by Gasteiger charge is 2.28. The van der Waals surface area contributed by atoms with Crippen LogP contribution >= 0.6 is 0 Å². The third-order valence-corrected chi connectivity index (χ3v) is 5.08. The first-order valence-corrected chi connectivity index (χ1v) is 11.3. The molecule has 2 amide bonds. The minimum atomic E-state index is -0.413. The monoisotopic (exact) mass is 403 g/mol. The quantitative estimate of drug-likeness (QED) is 0.438. The molecule has 0 aliphatic rings. The van der Waals surface area contributed by atoms with Gasteiger partial charge in [-0.3, -0.25) is 9.59 Å². The van der Waals surface area contributed by atoms with Crippen molar-refractivity contribution in [2.45, 2.75) is 72.3 Å². The molecule has 0 radical (unpaired) electrons. The van der Waals surface area contributed by atoms with Gasteiger partial charge in [0.15, 0.2) is 0 Å². The van der Waals surface area contributed by atoms with Crippen LogP contribution in [0.3, 0.4) is 0 Å². The smallest absolute Gasteiger partial charge is 0.242 e. The molecule has 5 nitrogen and oxygen atoms in total. The molecule has 0 saturated heterocycles. The summed E-state index contributed by atoms with van der Waals surface area (Å²) in [6, 6.07) is 9.76. The van der Waals surface area contributed by atoms with Crippen molar-refractivity contribution in [3.8, 4) is 0 Å². The van der Waals surface area contributed by atoms with Crippen LogP contribution in [0.15, 0.2) is 30.3 Å². The zero-order valence-electron chi connectivity index (χ0n) is 18.9. The standard InChI is InChI=1S/C24H41N3O2/c1-5-17-25-18-10-19-26-24(29)22(15-14-21-11-8-7-9-12-21)27(6-2)23(28)16-13-20(3)4/h7-9,11-12,20,22,25H,5-6,10,13-19H2,1-4H3,(H,26,29)/t22-/m0/s1. The Morgan fingerprint density at radius 1 is 1.00 bits per heavy atom. The number of nitrogens with zero attached hydrogens (tertiary/aromatic N) is 1. The van der Waals surface area contributed by atoms with Gasteiger partial charge in [-0.25, -0.2) is 0 Å². The van der Waals surface area contributed by atoms with E-state index in [0.29, 0.717) is 31.8 Å². The number of carbonyl (C=O) groups is 2. The van der Waals surface area contributed by atoms with Crippen LogP contribution in [0.1, 0.15) is 65.4 Å². The number of rotatable bonds is 15. The zero-order valence-corrected chi connectivity index (χ0v) is 18.9. The SMILES string of the molecule is CCCNCCCNC(=O)[C@H](CCc1ccccc1)N(CC)C(=O)CCC(C)C. The summed E-state index contributed by atoms with van der Waals surface area (Å²) in [5, 5.41) is 6.41. The van der Waals surface area contributed by atoms with Gasteiger partial charge in [0.1, 0.15) is 6.04 Å². The number of aryl methyl sites for hydroxylation is 1. The van der Waals surface area contributed by atoms with Crippen LogP contribution in [-0.2, 0) is 16.0 Å². The van der Waals surface area contributed by atoms with Crippen LogP contribution in [0.5, 0.6) is 0 Å². The predicted molar refractivity (Wildman–Crippen MR) is 121 cm³/mol. The van der Waals surface area contributed by atoms with Crippen molar-refractivity contribution in [2.75, 3.05) is 26.2 Å². The second-order valence-electron chi connectivity index (χ2n) is 8.05. The van der Waals surface area contributed by atoms with Gasteiger partial charge in [-0.15, -0.1) is 0 Å². The van der Waals surface area contributed by atoms with Crippen molar-refractivity contribution in [2.24, 2.45) is 5.92 Å². The number of amides is 2. The molecule has 0 saturated carbocycles. The summed E-state index contributed by atoms with van der Waals surface area (Å²) in [6.07, 6.45) is 4.78. The lowest BCUT2D eigenvalue weighted by atomic mass is 10.0. The number of carbonyl (C=O) groups excluding carboxylic acids is 2. The number of likely N-dealkylation sites (N-methyl/N-ethyl adjacent to an activating group) is 1. The van der Waals surface area contributed by atoms with Gasteiger partial charge in [0, 0.05) is 19.5 Å². The van der Waals surface area contributed by atoms with E-state index in [1.54, 1.807) is 4.90 Å². The van der Waals surface area contributed by atoms with Gasteiger partial charge in [-0.1, -0.05) is 51.1 Å². The normalized spacial score (nSPS) is 12.0. The number of nitrogens with one attached hydrogen (secondary N) is 2. The Labute approximate surface area is 177 Å². The average Bonchev–Trinajstić information content (AvgIpc) is 2.72. The molecule has 0 aromatic heterocycles. The van der Waals surface area contributed by atoms with E-state index in [1.165, 1.54) is 5.56 Å². The van der Waals surface area contributed by atoms with E-state index in [4.69, 9.17) is 0 Å². The van der Waals surface area contributed by atoms with Crippen molar-refractivity contribution in [1.82, 2.24) is 15.5 Å². The Kier molecular flexibility index (Phi) is 13.0. The molecule has 5 heteroatoms. The second kappa shape index (κ2) is 15.0. The van der Waals surface area contributed by atoms with E-state index >= 15 is 0 Å². The maximum atomic E-state index is 13.0. The molecule has 29 heavy (non-hydrogen) atoms. The number of hydrogen-bond donors (Lipinski definition) is 2. The highest BCUT2D eigenvalue weighted by molar-refractivity contribution is 5.87. The third kappa shape index (κ3) is 10.5. The third-order valence-electron chi connectivity index (χ3n) is 5.08. The number of hydrogen-bond acceptors (Lipinski definition) is 3. The van der Waals surface area contributed by atoms with Crippen molar-refractivity contribution < 1.29 is 9.59 Å². The van der Waals surface area contributed by atoms with Gasteiger partial charge >= 0.3 is 0 Å². The minimum absolute atomic E-state index is 0.0313. The number of benzene rings is 1. The lowest BCUT2D eigenvalue weighted by molar-refractivity contribution is -0.140. The molecular formula is C24H41N3O2. The molecule has 164 valence electrons. The van der Waals surface area contributed by atoms with Gasteiger partial charge < -0.3 is 15.5 Å². The Bertz CT molecular complexity index is 575. The van der Waals surface area contributed by atoms with Crippen LogP contribution in [0.2, 0.25) is 0 Å². The summed E-state index contributed by atoms with van der Waals surface area (Å²) in [7, 11) is 0. The van der Waals surface area contributed by atoms with E-state index in [1.807, 2.05) is 25.1 Å². The van der Waals surface area contributed by atoms with E-state index in [2.05, 4.69) is 43.5 Å². The van der Waals surface area contributed by atoms with Crippen molar-refractivity contribution >= 4 is 11.8 Å². The molecule has 2 N–H and O–H groups in total. The zero-order chi connectivity index (χ0) is 21.5. The molecular weight excluding hydrogens is 362 g/mol. The molecule has 0 heterocycles. The first-order valence-electron chi connectivity index (χ1n) is 11.3. The van der Waals surface area contributed by atoms with E-state index in [0.717, 1.165) is 38.8 Å². The first-order chi connectivity index (χ1) is 14.0. The highest BCUT2D eigenvalue weighted by Crippen LogP contribution is 2.14. The van der Waals surface area contributed by atoms with Crippen LogP contribution in [0, 0.1) is 5.92 Å². The molecule has 0 unspecified atom stereocenters. The van der Waals surface area contributed by atoms with E-state index in [9.17, 15) is 9.59 Å². The largest absolute Gasteiger partial charge is 0.354 e. The fraction of sp³-hybridized carbons (Fsp3) is 0.667. The van der Waals surface area contributed by atoms with Crippen LogP contribution < -0.4 is 10.6 Å². The van der Waals surface area contributed by atoms with Crippen LogP contribution in [0.25, 0.3) is 0 Å². The van der Waals surface area contributed by atoms with Gasteiger partial charge in [0.2, 0.25) is 11.8 Å². The summed E-state index contributed by atoms with van der Waals surface area (Å²) in [6.45, 7) is 11.4. The molecule has 0 spiro atoms. The summed E-state index contributed by atoms with van der Waals surface area (Å²) in [5.74, 6) is 0.528. The molecule has 0 fully saturated rings. The predicted octanol–water partition coefficient (Wildman–Crippen LogP) is 3.78. The minimum Gasteiger partial charge on any atom is -0.354 e. The summed E-state index contributed by atoms with van der Waals surface area (Å²) in [5.41, 5.74) is 1.19. The lowest BCUT2D eigenvalue weighted by Crippen LogP contribution is -2.50. The Hall–Kier alpha value is -1.88. The Morgan fingerprint density at radius 3 is 2.34 bits per heavy atom. The topological polar surface area (TPSA) is 61.4 Å². The van der Waals surface area contributed by atoms with Crippen molar-refractivity contribution in [3.05, 3.63) is 35.9 Å². The maximum absolute atomic E-state index is 13.0. The highest BCUT2D eigenvalue weighted by atomic mass is 16.2. The first kappa shape index (κ1) is 25.2.